The third-order valence-electron chi connectivity index (χ3n) is 4.01. The summed E-state index contributed by atoms with van der Waals surface area (Å²) in [6, 6.07) is 11.8. The highest BCUT2D eigenvalue weighted by atomic mass is 32.2. The van der Waals surface area contributed by atoms with E-state index >= 15 is 0 Å². The molecule has 0 radical (unpaired) electrons. The van der Waals surface area contributed by atoms with Gasteiger partial charge in [0.05, 0.1) is 37.8 Å². The molecule has 0 spiro atoms. The Morgan fingerprint density at radius 2 is 1.84 bits per heavy atom. The van der Waals surface area contributed by atoms with Crippen molar-refractivity contribution < 1.29 is 23.8 Å². The average Bonchev–Trinajstić information content (AvgIpc) is 3.26. The van der Waals surface area contributed by atoms with Crippen molar-refractivity contribution in [3.05, 3.63) is 48.0 Å². The molecule has 1 amide bonds. The highest BCUT2D eigenvalue weighted by molar-refractivity contribution is 7.99. The van der Waals surface area contributed by atoms with Crippen LogP contribution >= 0.6 is 11.8 Å². The fourth-order valence-corrected chi connectivity index (χ4v) is 3.30. The van der Waals surface area contributed by atoms with E-state index in [2.05, 4.69) is 20.8 Å². The first-order valence-corrected chi connectivity index (χ1v) is 10.2. The lowest BCUT2D eigenvalue weighted by Gasteiger charge is -2.09. The second-order valence-electron chi connectivity index (χ2n) is 6.08. The first-order chi connectivity index (χ1) is 15.0. The molecule has 0 aliphatic heterocycles. The van der Waals surface area contributed by atoms with Gasteiger partial charge in [-0.2, -0.15) is 4.68 Å². The van der Waals surface area contributed by atoms with Gasteiger partial charge < -0.3 is 19.5 Å². The molecule has 0 aliphatic carbocycles. The van der Waals surface area contributed by atoms with Crippen LogP contribution in [0, 0.1) is 0 Å². The van der Waals surface area contributed by atoms with Crippen molar-refractivity contribution in [1.82, 2.24) is 20.2 Å². The number of rotatable bonds is 9. The molecule has 3 aromatic rings. The second-order valence-corrected chi connectivity index (χ2v) is 7.02. The number of thioether (sulfide) groups is 1. The Morgan fingerprint density at radius 1 is 1.10 bits per heavy atom. The van der Waals surface area contributed by atoms with Gasteiger partial charge in [0, 0.05) is 23.9 Å². The van der Waals surface area contributed by atoms with Crippen molar-refractivity contribution in [2.24, 2.45) is 0 Å². The average molecular weight is 443 g/mol. The maximum atomic E-state index is 12.4. The number of nitrogens with one attached hydrogen (secondary N) is 1. The topological polar surface area (TPSA) is 117 Å². The summed E-state index contributed by atoms with van der Waals surface area (Å²) in [7, 11) is 3.10. The maximum Gasteiger partial charge on any atom is 0.338 e. The van der Waals surface area contributed by atoms with Gasteiger partial charge in [0.15, 0.2) is 0 Å². The third-order valence-corrected chi connectivity index (χ3v) is 4.93. The van der Waals surface area contributed by atoms with Gasteiger partial charge in [-0.15, -0.1) is 5.10 Å². The Hall–Kier alpha value is -3.60. The minimum absolute atomic E-state index is 0.0606. The highest BCUT2D eigenvalue weighted by Crippen LogP contribution is 2.27. The van der Waals surface area contributed by atoms with Gasteiger partial charge in [0.2, 0.25) is 11.1 Å². The fourth-order valence-electron chi connectivity index (χ4n) is 2.61. The molecule has 1 N–H and O–H groups in total. The minimum Gasteiger partial charge on any atom is -0.497 e. The molecule has 31 heavy (non-hydrogen) atoms. The number of carbonyl (C=O) groups is 2. The quantitative estimate of drug-likeness (QED) is 0.393. The Morgan fingerprint density at radius 3 is 2.52 bits per heavy atom. The van der Waals surface area contributed by atoms with Gasteiger partial charge >= 0.3 is 5.97 Å². The van der Waals surface area contributed by atoms with E-state index < -0.39 is 5.97 Å². The predicted molar refractivity (Wildman–Crippen MR) is 114 cm³/mol. The Labute approximate surface area is 182 Å². The minimum atomic E-state index is -0.444. The standard InChI is InChI=1S/C20H21N5O5S/c1-4-30-19(27)13-6-5-7-14(8-13)21-18(26)12-31-20-22-23-24-25(20)15-9-16(28-2)11-17(10-15)29-3/h5-11H,4,12H2,1-3H3,(H,21,26). The number of ether oxygens (including phenoxy) is 3. The van der Waals surface area contributed by atoms with Crippen molar-refractivity contribution in [1.29, 1.82) is 0 Å². The number of nitrogens with zero attached hydrogens (tertiary/aromatic N) is 4. The van der Waals surface area contributed by atoms with Crippen molar-refractivity contribution in [3.63, 3.8) is 0 Å². The number of hydrogen-bond acceptors (Lipinski definition) is 9. The summed E-state index contributed by atoms with van der Waals surface area (Å²) in [6.07, 6.45) is 0. The fraction of sp³-hybridized carbons (Fsp3) is 0.250. The summed E-state index contributed by atoms with van der Waals surface area (Å²) in [6.45, 7) is 2.01. The van der Waals surface area contributed by atoms with Crippen LogP contribution in [0.25, 0.3) is 5.69 Å². The van der Waals surface area contributed by atoms with Crippen molar-refractivity contribution in [2.45, 2.75) is 12.1 Å². The lowest BCUT2D eigenvalue weighted by Crippen LogP contribution is -2.15. The Balaban J connectivity index is 1.67. The van der Waals surface area contributed by atoms with Crippen molar-refractivity contribution in [3.8, 4) is 17.2 Å². The Bertz CT molecular complexity index is 1050. The van der Waals surface area contributed by atoms with E-state index in [4.69, 9.17) is 14.2 Å². The molecule has 0 unspecified atom stereocenters. The summed E-state index contributed by atoms with van der Waals surface area (Å²) in [5, 5.41) is 14.8. The zero-order chi connectivity index (χ0) is 22.2. The summed E-state index contributed by atoms with van der Waals surface area (Å²) in [5.41, 5.74) is 1.49. The third kappa shape index (κ3) is 5.72. The van der Waals surface area contributed by atoms with Crippen LogP contribution in [0.2, 0.25) is 0 Å². The van der Waals surface area contributed by atoms with E-state index in [-0.39, 0.29) is 18.3 Å². The lowest BCUT2D eigenvalue weighted by molar-refractivity contribution is -0.113. The smallest absolute Gasteiger partial charge is 0.338 e. The molecule has 0 fully saturated rings. The zero-order valence-electron chi connectivity index (χ0n) is 17.2. The molecular weight excluding hydrogens is 422 g/mol. The normalized spacial score (nSPS) is 10.4. The number of anilines is 1. The monoisotopic (exact) mass is 443 g/mol. The van der Waals surface area contributed by atoms with Gasteiger partial charge in [0.1, 0.15) is 11.5 Å². The predicted octanol–water partition coefficient (Wildman–Crippen LogP) is 2.59. The number of benzene rings is 2. The molecule has 0 bridgehead atoms. The number of hydrogen-bond donors (Lipinski definition) is 1. The van der Waals surface area contributed by atoms with Crippen molar-refractivity contribution in [2.75, 3.05) is 31.9 Å². The first-order valence-electron chi connectivity index (χ1n) is 9.25. The highest BCUT2D eigenvalue weighted by Gasteiger charge is 2.14. The van der Waals surface area contributed by atoms with E-state index in [9.17, 15) is 9.59 Å². The maximum absolute atomic E-state index is 12.4. The van der Waals surface area contributed by atoms with Crippen LogP contribution in [0.15, 0.2) is 47.6 Å². The van der Waals surface area contributed by atoms with Crippen LogP contribution in [0.4, 0.5) is 5.69 Å². The van der Waals surface area contributed by atoms with Gasteiger partial charge in [-0.1, -0.05) is 17.8 Å². The van der Waals surface area contributed by atoms with Crippen LogP contribution in [-0.2, 0) is 9.53 Å². The molecule has 11 heteroatoms. The molecular formula is C20H21N5O5S. The van der Waals surface area contributed by atoms with E-state index in [0.717, 1.165) is 11.8 Å². The van der Waals surface area contributed by atoms with Crippen LogP contribution in [0.3, 0.4) is 0 Å². The summed E-state index contributed by atoms with van der Waals surface area (Å²) in [4.78, 5) is 24.2. The van der Waals surface area contributed by atoms with E-state index in [1.165, 1.54) is 4.68 Å². The first kappa shape index (κ1) is 22.1. The zero-order valence-corrected chi connectivity index (χ0v) is 18.0. The molecule has 0 aliphatic rings. The molecule has 1 aromatic heterocycles. The molecule has 1 heterocycles. The van der Waals surface area contributed by atoms with Crippen LogP contribution in [0.1, 0.15) is 17.3 Å². The van der Waals surface area contributed by atoms with Gasteiger partial charge in [-0.25, -0.2) is 4.79 Å². The summed E-state index contributed by atoms with van der Waals surface area (Å²) in [5.74, 6) is 0.509. The molecule has 0 atom stereocenters. The number of esters is 1. The van der Waals surface area contributed by atoms with Gasteiger partial charge in [-0.3, -0.25) is 4.79 Å². The molecule has 3 rings (SSSR count). The summed E-state index contributed by atoms with van der Waals surface area (Å²) < 4.78 is 17.0. The summed E-state index contributed by atoms with van der Waals surface area (Å²) >= 11 is 1.16. The largest absolute Gasteiger partial charge is 0.497 e. The van der Waals surface area contributed by atoms with E-state index in [1.54, 1.807) is 63.6 Å². The number of aromatic nitrogens is 4. The van der Waals surface area contributed by atoms with E-state index in [0.29, 0.717) is 33.6 Å². The number of amides is 1. The van der Waals surface area contributed by atoms with Crippen LogP contribution in [0.5, 0.6) is 11.5 Å². The van der Waals surface area contributed by atoms with Crippen LogP contribution in [-0.4, -0.2) is 58.7 Å². The SMILES string of the molecule is CCOC(=O)c1cccc(NC(=O)CSc2nnnn2-c2cc(OC)cc(OC)c2)c1. The molecule has 10 nitrogen and oxygen atoms in total. The number of tetrazole rings is 1. The molecule has 162 valence electrons. The van der Waals surface area contributed by atoms with E-state index in [1.807, 2.05) is 0 Å². The van der Waals surface area contributed by atoms with Crippen LogP contribution < -0.4 is 14.8 Å². The lowest BCUT2D eigenvalue weighted by atomic mass is 10.2. The number of methoxy groups -OCH3 is 2. The number of carbonyl (C=O) groups excluding carboxylic acids is 2. The second kappa shape index (κ2) is 10.4. The Kier molecular flexibility index (Phi) is 7.44. The molecule has 2 aromatic carbocycles. The molecule has 0 saturated carbocycles. The molecule has 0 saturated heterocycles. The van der Waals surface area contributed by atoms with Gasteiger partial charge in [0.25, 0.3) is 0 Å². The van der Waals surface area contributed by atoms with Gasteiger partial charge in [-0.05, 0) is 35.5 Å². The van der Waals surface area contributed by atoms with Crippen molar-refractivity contribution >= 4 is 29.3 Å².